The van der Waals surface area contributed by atoms with Crippen LogP contribution in [0.15, 0.2) is 34.4 Å². The zero-order valence-corrected chi connectivity index (χ0v) is 9.72. The summed E-state index contributed by atoms with van der Waals surface area (Å²) in [5, 5.41) is 10.6. The molecule has 15 heavy (non-hydrogen) atoms. The van der Waals surface area contributed by atoms with E-state index in [0.717, 1.165) is 19.3 Å². The summed E-state index contributed by atoms with van der Waals surface area (Å²) >= 11 is 0. The first-order valence-electron chi connectivity index (χ1n) is 5.79. The number of rotatable bonds is 0. The molecule has 3 rings (SSSR count). The highest BCUT2D eigenvalue weighted by Crippen LogP contribution is 2.65. The van der Waals surface area contributed by atoms with Crippen LogP contribution in [0, 0.1) is 5.41 Å². The molecule has 1 nitrogen and oxygen atoms in total. The fourth-order valence-electron chi connectivity index (χ4n) is 3.45. The van der Waals surface area contributed by atoms with Gasteiger partial charge >= 0.3 is 0 Å². The normalized spacial score (nSPS) is 36.5. The lowest BCUT2D eigenvalue weighted by Gasteiger charge is -2.40. The molecule has 3 aliphatic rings. The van der Waals surface area contributed by atoms with Crippen molar-refractivity contribution < 1.29 is 5.11 Å². The fraction of sp³-hybridized carbons (Fsp3) is 0.571. The molecule has 0 aliphatic heterocycles. The molecule has 0 amide bonds. The predicted octanol–water partition coefficient (Wildman–Crippen LogP) is 3.12. The number of hydrogen-bond donors (Lipinski definition) is 1. The SMILES string of the molecule is CC1=CC2=C(C)C3(CC3)[C@](C)(O)CC2=C1. The van der Waals surface area contributed by atoms with Gasteiger partial charge in [0.15, 0.2) is 0 Å². The lowest BCUT2D eigenvalue weighted by molar-refractivity contribution is -0.00281. The Morgan fingerprint density at radius 2 is 1.87 bits per heavy atom. The minimum atomic E-state index is -0.523. The molecule has 1 N–H and O–H groups in total. The van der Waals surface area contributed by atoms with Gasteiger partial charge in [0.2, 0.25) is 0 Å². The summed E-state index contributed by atoms with van der Waals surface area (Å²) < 4.78 is 0. The van der Waals surface area contributed by atoms with Crippen molar-refractivity contribution in [1.29, 1.82) is 0 Å². The van der Waals surface area contributed by atoms with E-state index in [9.17, 15) is 5.11 Å². The quantitative estimate of drug-likeness (QED) is 0.640. The summed E-state index contributed by atoms with van der Waals surface area (Å²) in [7, 11) is 0. The van der Waals surface area contributed by atoms with Crippen LogP contribution in [0.5, 0.6) is 0 Å². The predicted molar refractivity (Wildman–Crippen MR) is 61.4 cm³/mol. The molecule has 1 atom stereocenters. The van der Waals surface area contributed by atoms with Crippen molar-refractivity contribution in [3.05, 3.63) is 34.4 Å². The zero-order valence-electron chi connectivity index (χ0n) is 9.72. The first-order valence-corrected chi connectivity index (χ1v) is 5.79. The molecule has 0 aromatic carbocycles. The molecule has 0 unspecified atom stereocenters. The Labute approximate surface area is 91.2 Å². The van der Waals surface area contributed by atoms with Gasteiger partial charge in [-0.1, -0.05) is 23.3 Å². The van der Waals surface area contributed by atoms with Gasteiger partial charge in [0.25, 0.3) is 0 Å². The average Bonchev–Trinajstić information content (AvgIpc) is 2.85. The molecule has 1 saturated carbocycles. The second-order valence-corrected chi connectivity index (χ2v) is 5.63. The van der Waals surface area contributed by atoms with E-state index in [-0.39, 0.29) is 5.41 Å². The van der Waals surface area contributed by atoms with Crippen LogP contribution in [-0.4, -0.2) is 10.7 Å². The molecule has 1 fully saturated rings. The third-order valence-electron chi connectivity index (χ3n) is 4.56. The minimum absolute atomic E-state index is 0.112. The van der Waals surface area contributed by atoms with E-state index in [1.165, 1.54) is 22.3 Å². The largest absolute Gasteiger partial charge is 0.389 e. The van der Waals surface area contributed by atoms with Crippen molar-refractivity contribution in [1.82, 2.24) is 0 Å². The molecule has 0 radical (unpaired) electrons. The zero-order chi connectivity index (χ0) is 10.8. The Hall–Kier alpha value is -0.820. The molecule has 0 aromatic rings. The van der Waals surface area contributed by atoms with Gasteiger partial charge in [0, 0.05) is 11.8 Å². The van der Waals surface area contributed by atoms with Gasteiger partial charge in [0.05, 0.1) is 5.60 Å². The van der Waals surface area contributed by atoms with Gasteiger partial charge in [-0.2, -0.15) is 0 Å². The van der Waals surface area contributed by atoms with Gasteiger partial charge in [0.1, 0.15) is 0 Å². The number of aliphatic hydroxyl groups is 1. The Morgan fingerprint density at radius 3 is 2.47 bits per heavy atom. The molecule has 80 valence electrons. The molecular weight excluding hydrogens is 184 g/mol. The number of hydrogen-bond acceptors (Lipinski definition) is 1. The maximum atomic E-state index is 10.6. The van der Waals surface area contributed by atoms with Gasteiger partial charge in [-0.15, -0.1) is 0 Å². The molecule has 3 aliphatic carbocycles. The summed E-state index contributed by atoms with van der Waals surface area (Å²) in [5.74, 6) is 0. The van der Waals surface area contributed by atoms with E-state index < -0.39 is 5.60 Å². The van der Waals surface area contributed by atoms with Gasteiger partial charge in [-0.05, 0) is 44.8 Å². The molecule has 0 saturated heterocycles. The number of fused-ring (bicyclic) bond motifs is 1. The molecule has 1 heteroatoms. The van der Waals surface area contributed by atoms with E-state index >= 15 is 0 Å². The number of allylic oxidation sites excluding steroid dienone is 4. The van der Waals surface area contributed by atoms with Gasteiger partial charge in [-0.3, -0.25) is 0 Å². The summed E-state index contributed by atoms with van der Waals surface area (Å²) in [6, 6.07) is 0. The van der Waals surface area contributed by atoms with Crippen LogP contribution in [-0.2, 0) is 0 Å². The van der Waals surface area contributed by atoms with Crippen LogP contribution < -0.4 is 0 Å². The Balaban J connectivity index is 2.19. The summed E-state index contributed by atoms with van der Waals surface area (Å²) in [4.78, 5) is 0. The van der Waals surface area contributed by atoms with Crippen molar-refractivity contribution in [3.8, 4) is 0 Å². The van der Waals surface area contributed by atoms with E-state index in [1.807, 2.05) is 6.92 Å². The third kappa shape index (κ3) is 1.02. The van der Waals surface area contributed by atoms with E-state index in [1.54, 1.807) is 0 Å². The van der Waals surface area contributed by atoms with Crippen molar-refractivity contribution in [2.45, 2.75) is 45.6 Å². The van der Waals surface area contributed by atoms with Crippen LogP contribution >= 0.6 is 0 Å². The summed E-state index contributed by atoms with van der Waals surface area (Å²) in [6.07, 6.45) is 7.65. The average molecular weight is 202 g/mol. The molecule has 0 heterocycles. The lowest BCUT2D eigenvalue weighted by atomic mass is 9.69. The highest BCUT2D eigenvalue weighted by Gasteiger charge is 2.60. The third-order valence-corrected chi connectivity index (χ3v) is 4.56. The van der Waals surface area contributed by atoms with Crippen molar-refractivity contribution in [2.75, 3.05) is 0 Å². The Kier molecular flexibility index (Phi) is 1.54. The maximum absolute atomic E-state index is 10.6. The minimum Gasteiger partial charge on any atom is -0.389 e. The first-order chi connectivity index (χ1) is 6.96. The Bertz CT molecular complexity index is 428. The van der Waals surface area contributed by atoms with Gasteiger partial charge < -0.3 is 5.11 Å². The topological polar surface area (TPSA) is 20.2 Å². The fourth-order valence-corrected chi connectivity index (χ4v) is 3.45. The van der Waals surface area contributed by atoms with Gasteiger partial charge in [-0.25, -0.2) is 0 Å². The van der Waals surface area contributed by atoms with Crippen LogP contribution in [0.3, 0.4) is 0 Å². The molecular formula is C14H18O. The van der Waals surface area contributed by atoms with Crippen molar-refractivity contribution >= 4 is 0 Å². The Morgan fingerprint density at radius 1 is 1.20 bits per heavy atom. The van der Waals surface area contributed by atoms with Crippen molar-refractivity contribution in [3.63, 3.8) is 0 Å². The van der Waals surface area contributed by atoms with E-state index in [4.69, 9.17) is 0 Å². The smallest absolute Gasteiger partial charge is 0.0753 e. The highest BCUT2D eigenvalue weighted by molar-refractivity contribution is 5.59. The summed E-state index contributed by atoms with van der Waals surface area (Å²) in [5.41, 5.74) is 5.09. The first kappa shape index (κ1) is 9.41. The molecule has 1 spiro atoms. The van der Waals surface area contributed by atoms with Crippen molar-refractivity contribution in [2.24, 2.45) is 5.41 Å². The van der Waals surface area contributed by atoms with Crippen LogP contribution in [0.4, 0.5) is 0 Å². The highest BCUT2D eigenvalue weighted by atomic mass is 16.3. The van der Waals surface area contributed by atoms with Crippen LogP contribution in [0.25, 0.3) is 0 Å². The maximum Gasteiger partial charge on any atom is 0.0753 e. The molecule has 0 aromatic heterocycles. The lowest BCUT2D eigenvalue weighted by Crippen LogP contribution is -2.40. The van der Waals surface area contributed by atoms with E-state index in [2.05, 4.69) is 26.0 Å². The van der Waals surface area contributed by atoms with Crippen LogP contribution in [0.2, 0.25) is 0 Å². The second kappa shape index (κ2) is 2.46. The second-order valence-electron chi connectivity index (χ2n) is 5.63. The monoisotopic (exact) mass is 202 g/mol. The standard InChI is InChI=1S/C14H18O/c1-9-6-11-8-13(3,15)14(4-5-14)10(2)12(11)7-9/h6-7,15H,4-5,8H2,1-3H3/t13-/m1/s1. The summed E-state index contributed by atoms with van der Waals surface area (Å²) in [6.45, 7) is 6.35. The molecule has 0 bridgehead atoms. The van der Waals surface area contributed by atoms with Crippen LogP contribution in [0.1, 0.15) is 40.0 Å². The van der Waals surface area contributed by atoms with E-state index in [0.29, 0.717) is 0 Å².